The van der Waals surface area contributed by atoms with Crippen molar-refractivity contribution in [3.8, 4) is 0 Å². The van der Waals surface area contributed by atoms with E-state index >= 15 is 0 Å². The van der Waals surface area contributed by atoms with Crippen molar-refractivity contribution in [2.75, 3.05) is 0 Å². The molecule has 0 aromatic carbocycles. The average Bonchev–Trinajstić information content (AvgIpc) is 2.88. The van der Waals surface area contributed by atoms with Gasteiger partial charge in [0.2, 0.25) is 0 Å². The molecular weight excluding hydrogens is 190 g/mol. The zero-order chi connectivity index (χ0) is 10.3. The zero-order valence-electron chi connectivity index (χ0n) is 8.44. The fraction of sp³-hybridized carbons (Fsp3) is 0.455. The minimum Gasteiger partial charge on any atom is -0.307 e. The molecule has 0 radical (unpaired) electrons. The lowest BCUT2D eigenvalue weighted by molar-refractivity contribution is 0.635. The van der Waals surface area contributed by atoms with Crippen LogP contribution in [-0.2, 0) is 0 Å². The Hall–Kier alpha value is -1.58. The fourth-order valence-electron chi connectivity index (χ4n) is 2.34. The molecule has 4 heteroatoms. The van der Waals surface area contributed by atoms with Gasteiger partial charge in [0.1, 0.15) is 11.3 Å². The molecule has 2 heterocycles. The Balaban J connectivity index is 2.15. The molecular formula is C11H13N3O. The number of aromatic amines is 1. The number of aromatic nitrogens is 3. The Labute approximate surface area is 86.9 Å². The molecule has 1 saturated carbocycles. The Kier molecular flexibility index (Phi) is 1.87. The van der Waals surface area contributed by atoms with Gasteiger partial charge in [-0.2, -0.15) is 5.10 Å². The lowest BCUT2D eigenvalue weighted by Crippen LogP contribution is -2.17. The number of nitrogens with zero attached hydrogens (tertiary/aromatic N) is 2. The molecule has 1 N–H and O–H groups in total. The van der Waals surface area contributed by atoms with E-state index in [0.29, 0.717) is 11.4 Å². The van der Waals surface area contributed by atoms with Crippen molar-refractivity contribution in [1.29, 1.82) is 0 Å². The van der Waals surface area contributed by atoms with E-state index in [1.807, 2.05) is 12.3 Å². The standard InChI is InChI=1S/C11H13N3O/c15-11-9-6-3-7-14(9)13-10(12-11)8-4-1-2-5-8/h3,6-8H,1-2,4-5H2,(H,12,13,15). The van der Waals surface area contributed by atoms with E-state index in [1.54, 1.807) is 10.6 Å². The first-order valence-electron chi connectivity index (χ1n) is 5.42. The highest BCUT2D eigenvalue weighted by Gasteiger charge is 2.20. The van der Waals surface area contributed by atoms with E-state index in [2.05, 4.69) is 10.1 Å². The van der Waals surface area contributed by atoms with Gasteiger partial charge in [0, 0.05) is 12.1 Å². The highest BCUT2D eigenvalue weighted by molar-refractivity contribution is 5.43. The third-order valence-electron chi connectivity index (χ3n) is 3.16. The van der Waals surface area contributed by atoms with Gasteiger partial charge in [0.25, 0.3) is 5.56 Å². The Morgan fingerprint density at radius 1 is 1.40 bits per heavy atom. The highest BCUT2D eigenvalue weighted by Crippen LogP contribution is 2.31. The number of nitrogens with one attached hydrogen (secondary N) is 1. The summed E-state index contributed by atoms with van der Waals surface area (Å²) in [5, 5.41) is 4.44. The summed E-state index contributed by atoms with van der Waals surface area (Å²) in [6, 6.07) is 3.63. The van der Waals surface area contributed by atoms with Crippen LogP contribution < -0.4 is 5.56 Å². The molecule has 0 saturated heterocycles. The molecule has 15 heavy (non-hydrogen) atoms. The van der Waals surface area contributed by atoms with Crippen LogP contribution in [0.4, 0.5) is 0 Å². The average molecular weight is 203 g/mol. The molecule has 0 atom stereocenters. The zero-order valence-corrected chi connectivity index (χ0v) is 8.44. The quantitative estimate of drug-likeness (QED) is 0.766. The largest absolute Gasteiger partial charge is 0.307 e. The lowest BCUT2D eigenvalue weighted by Gasteiger charge is -2.07. The SMILES string of the molecule is O=c1[nH]c(C2CCCC2)nn2cccc12. The van der Waals surface area contributed by atoms with Gasteiger partial charge in [-0.05, 0) is 25.0 Å². The van der Waals surface area contributed by atoms with Gasteiger partial charge in [0.15, 0.2) is 0 Å². The van der Waals surface area contributed by atoms with Crippen LogP contribution in [0, 0.1) is 0 Å². The van der Waals surface area contributed by atoms with Gasteiger partial charge in [0.05, 0.1) is 0 Å². The summed E-state index contributed by atoms with van der Waals surface area (Å²) in [4.78, 5) is 14.6. The van der Waals surface area contributed by atoms with Gasteiger partial charge in [-0.15, -0.1) is 0 Å². The van der Waals surface area contributed by atoms with Crippen LogP contribution in [0.15, 0.2) is 23.1 Å². The predicted molar refractivity (Wildman–Crippen MR) is 57.0 cm³/mol. The van der Waals surface area contributed by atoms with Gasteiger partial charge in [-0.1, -0.05) is 12.8 Å². The van der Waals surface area contributed by atoms with Crippen LogP contribution in [0.3, 0.4) is 0 Å². The smallest absolute Gasteiger partial charge is 0.275 e. The van der Waals surface area contributed by atoms with Gasteiger partial charge in [-0.25, -0.2) is 4.52 Å². The summed E-state index contributed by atoms with van der Waals surface area (Å²) in [5.74, 6) is 1.30. The first-order chi connectivity index (χ1) is 7.34. The first-order valence-corrected chi connectivity index (χ1v) is 5.42. The van der Waals surface area contributed by atoms with E-state index < -0.39 is 0 Å². The number of hydrogen-bond acceptors (Lipinski definition) is 2. The summed E-state index contributed by atoms with van der Waals surface area (Å²) < 4.78 is 1.67. The van der Waals surface area contributed by atoms with Crippen LogP contribution in [0.25, 0.3) is 5.52 Å². The normalized spacial score (nSPS) is 17.6. The number of hydrogen-bond donors (Lipinski definition) is 1. The van der Waals surface area contributed by atoms with E-state index in [9.17, 15) is 4.79 Å². The van der Waals surface area contributed by atoms with Crippen LogP contribution >= 0.6 is 0 Å². The topological polar surface area (TPSA) is 50.2 Å². The fourth-order valence-corrected chi connectivity index (χ4v) is 2.34. The van der Waals surface area contributed by atoms with Crippen molar-refractivity contribution in [3.05, 3.63) is 34.5 Å². The lowest BCUT2D eigenvalue weighted by atomic mass is 10.1. The van der Waals surface area contributed by atoms with Crippen molar-refractivity contribution in [3.63, 3.8) is 0 Å². The minimum atomic E-state index is -0.0306. The van der Waals surface area contributed by atoms with Crippen molar-refractivity contribution in [1.82, 2.24) is 14.6 Å². The van der Waals surface area contributed by atoms with E-state index in [-0.39, 0.29) is 5.56 Å². The third-order valence-corrected chi connectivity index (χ3v) is 3.16. The van der Waals surface area contributed by atoms with Crippen molar-refractivity contribution in [2.45, 2.75) is 31.6 Å². The number of fused-ring (bicyclic) bond motifs is 1. The molecule has 0 spiro atoms. The van der Waals surface area contributed by atoms with Crippen molar-refractivity contribution >= 4 is 5.52 Å². The summed E-state index contributed by atoms with van der Waals surface area (Å²) in [7, 11) is 0. The predicted octanol–water partition coefficient (Wildman–Crippen LogP) is 1.68. The molecule has 4 nitrogen and oxygen atoms in total. The molecule has 3 rings (SSSR count). The molecule has 0 amide bonds. The molecule has 2 aromatic heterocycles. The maximum absolute atomic E-state index is 11.7. The van der Waals surface area contributed by atoms with Crippen LogP contribution in [0.1, 0.15) is 37.4 Å². The van der Waals surface area contributed by atoms with Crippen molar-refractivity contribution < 1.29 is 0 Å². The third kappa shape index (κ3) is 1.37. The molecule has 78 valence electrons. The highest BCUT2D eigenvalue weighted by atomic mass is 16.1. The summed E-state index contributed by atoms with van der Waals surface area (Å²) in [5.41, 5.74) is 0.591. The molecule has 1 aliphatic carbocycles. The molecule has 0 aliphatic heterocycles. The summed E-state index contributed by atoms with van der Waals surface area (Å²) in [6.07, 6.45) is 6.62. The Morgan fingerprint density at radius 2 is 2.20 bits per heavy atom. The first kappa shape index (κ1) is 8.71. The minimum absolute atomic E-state index is 0.0306. The second-order valence-corrected chi connectivity index (χ2v) is 4.16. The van der Waals surface area contributed by atoms with E-state index in [0.717, 1.165) is 18.7 Å². The molecule has 1 aliphatic rings. The molecule has 2 aromatic rings. The second-order valence-electron chi connectivity index (χ2n) is 4.16. The number of H-pyrrole nitrogens is 1. The maximum Gasteiger partial charge on any atom is 0.275 e. The van der Waals surface area contributed by atoms with E-state index in [4.69, 9.17) is 0 Å². The number of rotatable bonds is 1. The van der Waals surface area contributed by atoms with Gasteiger partial charge >= 0.3 is 0 Å². The molecule has 0 unspecified atom stereocenters. The van der Waals surface area contributed by atoms with Crippen LogP contribution in [0.2, 0.25) is 0 Å². The maximum atomic E-state index is 11.7. The molecule has 1 fully saturated rings. The van der Waals surface area contributed by atoms with Gasteiger partial charge < -0.3 is 4.98 Å². The van der Waals surface area contributed by atoms with Gasteiger partial charge in [-0.3, -0.25) is 4.79 Å². The monoisotopic (exact) mass is 203 g/mol. The summed E-state index contributed by atoms with van der Waals surface area (Å²) >= 11 is 0. The Bertz CT molecular complexity index is 534. The molecule has 0 bridgehead atoms. The van der Waals surface area contributed by atoms with Crippen molar-refractivity contribution in [2.24, 2.45) is 0 Å². The van der Waals surface area contributed by atoms with E-state index in [1.165, 1.54) is 12.8 Å². The summed E-state index contributed by atoms with van der Waals surface area (Å²) in [6.45, 7) is 0. The second kappa shape index (κ2) is 3.22. The Morgan fingerprint density at radius 3 is 3.00 bits per heavy atom. The van der Waals surface area contributed by atoms with Crippen LogP contribution in [0.5, 0.6) is 0 Å². The van der Waals surface area contributed by atoms with Crippen LogP contribution in [-0.4, -0.2) is 14.6 Å².